The van der Waals surface area contributed by atoms with Crippen molar-refractivity contribution in [3.05, 3.63) is 21.0 Å². The molecule has 0 aliphatic heterocycles. The Morgan fingerprint density at radius 2 is 2.27 bits per heavy atom. The summed E-state index contributed by atoms with van der Waals surface area (Å²) in [4.78, 5) is 14.5. The minimum Gasteiger partial charge on any atom is -0.363 e. The van der Waals surface area contributed by atoms with E-state index in [0.717, 1.165) is 34.1 Å². The smallest absolute Gasteiger partial charge is 0.165 e. The van der Waals surface area contributed by atoms with E-state index < -0.39 is 0 Å². The second-order valence-electron chi connectivity index (χ2n) is 2.77. The van der Waals surface area contributed by atoms with Gasteiger partial charge in [-0.15, -0.1) is 0 Å². The summed E-state index contributed by atoms with van der Waals surface area (Å²) in [6.45, 7) is 0. The minimum absolute atomic E-state index is 0.303. The van der Waals surface area contributed by atoms with Crippen LogP contribution in [0.2, 0.25) is 0 Å². The van der Waals surface area contributed by atoms with Crippen LogP contribution in [0.1, 0.15) is 28.9 Å². The van der Waals surface area contributed by atoms with Gasteiger partial charge in [-0.3, -0.25) is 4.79 Å². The summed E-state index contributed by atoms with van der Waals surface area (Å²) in [6.07, 6.45) is 4.67. The second-order valence-corrected chi connectivity index (χ2v) is 3.93. The van der Waals surface area contributed by atoms with Crippen molar-refractivity contribution in [1.82, 2.24) is 4.98 Å². The first-order chi connectivity index (χ1) is 5.29. The lowest BCUT2D eigenvalue weighted by Crippen LogP contribution is -2.09. The Kier molecular flexibility index (Phi) is 1.75. The van der Waals surface area contributed by atoms with Crippen molar-refractivity contribution in [3.63, 3.8) is 0 Å². The van der Waals surface area contributed by atoms with Crippen molar-refractivity contribution >= 4 is 28.4 Å². The lowest BCUT2D eigenvalue weighted by Gasteiger charge is -2.09. The van der Waals surface area contributed by atoms with Crippen molar-refractivity contribution in [2.45, 2.75) is 19.3 Å². The zero-order valence-corrected chi connectivity index (χ0v) is 8.14. The van der Waals surface area contributed by atoms with E-state index in [4.69, 9.17) is 0 Å². The molecule has 2 nitrogen and oxygen atoms in total. The maximum Gasteiger partial charge on any atom is 0.165 e. The third-order valence-electron chi connectivity index (χ3n) is 2.02. The van der Waals surface area contributed by atoms with Crippen molar-refractivity contribution in [1.29, 1.82) is 0 Å². The van der Waals surface area contributed by atoms with Crippen LogP contribution in [0.3, 0.4) is 0 Å². The van der Waals surface area contributed by atoms with Crippen LogP contribution in [0.15, 0.2) is 6.20 Å². The van der Waals surface area contributed by atoms with Crippen LogP contribution in [0, 0.1) is 3.57 Å². The average Bonchev–Trinajstić information content (AvgIpc) is 2.34. The van der Waals surface area contributed by atoms with Gasteiger partial charge >= 0.3 is 0 Å². The Labute approximate surface area is 78.5 Å². The molecule has 1 heterocycles. The van der Waals surface area contributed by atoms with Gasteiger partial charge < -0.3 is 4.98 Å². The second kappa shape index (κ2) is 2.62. The Morgan fingerprint density at radius 1 is 1.45 bits per heavy atom. The van der Waals surface area contributed by atoms with E-state index in [0.29, 0.717) is 5.78 Å². The fourth-order valence-electron chi connectivity index (χ4n) is 1.49. The Balaban J connectivity index is 2.56. The van der Waals surface area contributed by atoms with Crippen LogP contribution in [0.25, 0.3) is 0 Å². The number of aromatic amines is 1. The zero-order chi connectivity index (χ0) is 7.84. The first-order valence-electron chi connectivity index (χ1n) is 3.68. The highest BCUT2D eigenvalue weighted by atomic mass is 127. The van der Waals surface area contributed by atoms with E-state index in [2.05, 4.69) is 27.6 Å². The SMILES string of the molecule is O=C1CCCc2[nH]cc(I)c21. The van der Waals surface area contributed by atoms with E-state index in [1.54, 1.807) is 0 Å². The molecule has 58 valence electrons. The number of carbonyl (C=O) groups is 1. The fraction of sp³-hybridized carbons (Fsp3) is 0.375. The topological polar surface area (TPSA) is 32.9 Å². The number of Topliss-reactive ketones (excluding diaryl/α,β-unsaturated/α-hetero) is 1. The molecule has 2 rings (SSSR count). The van der Waals surface area contributed by atoms with Gasteiger partial charge in [0.25, 0.3) is 0 Å². The van der Waals surface area contributed by atoms with E-state index in [1.807, 2.05) is 6.20 Å². The normalized spacial score (nSPS) is 16.6. The molecular formula is C8H8INO. The molecule has 0 saturated carbocycles. The van der Waals surface area contributed by atoms with Gasteiger partial charge in [-0.2, -0.15) is 0 Å². The van der Waals surface area contributed by atoms with Gasteiger partial charge in [-0.25, -0.2) is 0 Å². The Morgan fingerprint density at radius 3 is 3.00 bits per heavy atom. The number of rotatable bonds is 0. The first kappa shape index (κ1) is 7.34. The van der Waals surface area contributed by atoms with Gasteiger partial charge in [0.1, 0.15) is 0 Å². The van der Waals surface area contributed by atoms with Crippen molar-refractivity contribution in [2.75, 3.05) is 0 Å². The molecule has 0 unspecified atom stereocenters. The number of fused-ring (bicyclic) bond motifs is 1. The standard InChI is InChI=1S/C8H8INO/c9-5-4-10-6-2-1-3-7(11)8(5)6/h4,10H,1-3H2. The van der Waals surface area contributed by atoms with E-state index in [1.165, 1.54) is 0 Å². The number of halogens is 1. The molecule has 0 saturated heterocycles. The Bertz CT molecular complexity index is 303. The van der Waals surface area contributed by atoms with Crippen LogP contribution in [0.5, 0.6) is 0 Å². The molecule has 1 aromatic heterocycles. The predicted molar refractivity (Wildman–Crippen MR) is 50.8 cm³/mol. The monoisotopic (exact) mass is 261 g/mol. The highest BCUT2D eigenvalue weighted by Gasteiger charge is 2.20. The molecule has 1 aromatic rings. The summed E-state index contributed by atoms with van der Waals surface area (Å²) in [5.41, 5.74) is 2.07. The molecule has 0 atom stereocenters. The molecule has 0 aromatic carbocycles. The van der Waals surface area contributed by atoms with Crippen molar-refractivity contribution < 1.29 is 4.79 Å². The summed E-state index contributed by atoms with van der Waals surface area (Å²) in [6, 6.07) is 0. The zero-order valence-electron chi connectivity index (χ0n) is 5.98. The fourth-order valence-corrected chi connectivity index (χ4v) is 2.27. The van der Waals surface area contributed by atoms with Crippen molar-refractivity contribution in [2.24, 2.45) is 0 Å². The third-order valence-corrected chi connectivity index (χ3v) is 2.87. The number of carbonyl (C=O) groups excluding carboxylic acids is 1. The highest BCUT2D eigenvalue weighted by Crippen LogP contribution is 2.24. The van der Waals surface area contributed by atoms with Gasteiger partial charge in [0.2, 0.25) is 0 Å². The van der Waals surface area contributed by atoms with E-state index in [9.17, 15) is 4.79 Å². The van der Waals surface area contributed by atoms with E-state index >= 15 is 0 Å². The molecule has 1 N–H and O–H groups in total. The number of aromatic nitrogens is 1. The number of aryl methyl sites for hydroxylation is 1. The lowest BCUT2D eigenvalue weighted by atomic mass is 9.97. The predicted octanol–water partition coefficient (Wildman–Crippen LogP) is 2.14. The first-order valence-corrected chi connectivity index (χ1v) is 4.76. The summed E-state index contributed by atoms with van der Waals surface area (Å²) >= 11 is 2.20. The van der Waals surface area contributed by atoms with E-state index in [-0.39, 0.29) is 0 Å². The molecule has 11 heavy (non-hydrogen) atoms. The van der Waals surface area contributed by atoms with Gasteiger partial charge in [0.15, 0.2) is 5.78 Å². The van der Waals surface area contributed by atoms with Crippen molar-refractivity contribution in [3.8, 4) is 0 Å². The number of nitrogens with one attached hydrogen (secondary N) is 1. The Hall–Kier alpha value is -0.320. The van der Waals surface area contributed by atoms with Crippen LogP contribution >= 0.6 is 22.6 Å². The van der Waals surface area contributed by atoms with Gasteiger partial charge in [-0.05, 0) is 35.4 Å². The molecule has 3 heteroatoms. The number of H-pyrrole nitrogens is 1. The molecule has 0 radical (unpaired) electrons. The quantitative estimate of drug-likeness (QED) is 0.713. The molecular weight excluding hydrogens is 253 g/mol. The molecule has 0 fully saturated rings. The van der Waals surface area contributed by atoms with Crippen LogP contribution < -0.4 is 0 Å². The number of hydrogen-bond acceptors (Lipinski definition) is 1. The summed E-state index contributed by atoms with van der Waals surface area (Å²) in [5.74, 6) is 0.303. The molecule has 0 bridgehead atoms. The third kappa shape index (κ3) is 1.11. The maximum absolute atomic E-state index is 11.3. The van der Waals surface area contributed by atoms with Gasteiger partial charge in [-0.1, -0.05) is 0 Å². The van der Waals surface area contributed by atoms with Crippen LogP contribution in [-0.2, 0) is 6.42 Å². The summed E-state index contributed by atoms with van der Waals surface area (Å²) < 4.78 is 1.07. The molecule has 1 aliphatic carbocycles. The average molecular weight is 261 g/mol. The van der Waals surface area contributed by atoms with Gasteiger partial charge in [0, 0.05) is 21.9 Å². The summed E-state index contributed by atoms with van der Waals surface area (Å²) in [5, 5.41) is 0. The van der Waals surface area contributed by atoms with Crippen LogP contribution in [-0.4, -0.2) is 10.8 Å². The summed E-state index contributed by atoms with van der Waals surface area (Å²) in [7, 11) is 0. The number of ketones is 1. The van der Waals surface area contributed by atoms with Gasteiger partial charge in [0.05, 0.1) is 5.56 Å². The van der Waals surface area contributed by atoms with Crippen LogP contribution in [0.4, 0.5) is 0 Å². The number of hydrogen-bond donors (Lipinski definition) is 1. The molecule has 0 spiro atoms. The lowest BCUT2D eigenvalue weighted by molar-refractivity contribution is 0.0971. The minimum atomic E-state index is 0.303. The maximum atomic E-state index is 11.3. The highest BCUT2D eigenvalue weighted by molar-refractivity contribution is 14.1. The molecule has 1 aliphatic rings. The largest absolute Gasteiger partial charge is 0.363 e. The molecule has 0 amide bonds.